The molecule has 84 valence electrons. The summed E-state index contributed by atoms with van der Waals surface area (Å²) in [5.74, 6) is 0. The van der Waals surface area contributed by atoms with Gasteiger partial charge in [-0.2, -0.15) is 0 Å². The van der Waals surface area contributed by atoms with E-state index in [1.54, 1.807) is 24.3 Å². The molecule has 0 aliphatic heterocycles. The number of rotatable bonds is 3. The van der Waals surface area contributed by atoms with Crippen LogP contribution in [0.2, 0.25) is 0 Å². The maximum Gasteiger partial charge on any atom is 0.344 e. The number of aromatic amines is 2. The van der Waals surface area contributed by atoms with Crippen molar-refractivity contribution < 1.29 is 5.11 Å². The number of hydrogen-bond acceptors (Lipinski definition) is 3. The van der Waals surface area contributed by atoms with Crippen LogP contribution in [0.15, 0.2) is 39.9 Å². The molecule has 6 nitrogen and oxygen atoms in total. The van der Waals surface area contributed by atoms with Gasteiger partial charge in [-0.3, -0.25) is 0 Å². The quantitative estimate of drug-likeness (QED) is 0.649. The van der Waals surface area contributed by atoms with Gasteiger partial charge in [0.25, 0.3) is 0 Å². The second-order valence-corrected chi connectivity index (χ2v) is 3.34. The van der Waals surface area contributed by atoms with Crippen LogP contribution in [0.25, 0.3) is 0 Å². The van der Waals surface area contributed by atoms with Crippen molar-refractivity contribution in [2.45, 2.75) is 6.04 Å². The minimum absolute atomic E-state index is 0.315. The Kier molecular flexibility index (Phi) is 2.74. The lowest BCUT2D eigenvalue weighted by molar-refractivity contribution is 0.245. The molecule has 1 unspecified atom stereocenters. The molecule has 16 heavy (non-hydrogen) atoms. The molecule has 0 spiro atoms. The summed E-state index contributed by atoms with van der Waals surface area (Å²) in [5, 5.41) is 13.6. The summed E-state index contributed by atoms with van der Waals surface area (Å²) in [5.41, 5.74) is -0.419. The fourth-order valence-electron chi connectivity index (χ4n) is 1.61. The van der Waals surface area contributed by atoms with Gasteiger partial charge < -0.3 is 5.11 Å². The lowest BCUT2D eigenvalue weighted by Gasteiger charge is -2.13. The molecule has 0 saturated heterocycles. The van der Waals surface area contributed by atoms with Crippen LogP contribution in [0.5, 0.6) is 0 Å². The van der Waals surface area contributed by atoms with Crippen LogP contribution in [-0.4, -0.2) is 26.5 Å². The summed E-state index contributed by atoms with van der Waals surface area (Å²) >= 11 is 0. The van der Waals surface area contributed by atoms with E-state index in [0.29, 0.717) is 5.56 Å². The van der Waals surface area contributed by atoms with Gasteiger partial charge in [-0.05, 0) is 5.56 Å². The van der Waals surface area contributed by atoms with E-state index in [9.17, 15) is 14.7 Å². The summed E-state index contributed by atoms with van der Waals surface area (Å²) in [4.78, 5) is 22.8. The molecule has 0 aliphatic rings. The number of aliphatic hydroxyl groups is 1. The standard InChI is InChI=1S/C10H11N3O3/c14-6-8(7-4-2-1-3-5-7)13-9(15)11-12-10(13)16/h1-5,8,14H,6H2,(H,11,15)(H,12,16). The molecule has 0 amide bonds. The van der Waals surface area contributed by atoms with Gasteiger partial charge >= 0.3 is 11.4 Å². The molecule has 0 radical (unpaired) electrons. The van der Waals surface area contributed by atoms with Crippen molar-refractivity contribution in [3.8, 4) is 0 Å². The van der Waals surface area contributed by atoms with Crippen LogP contribution in [0.1, 0.15) is 11.6 Å². The predicted molar refractivity (Wildman–Crippen MR) is 57.3 cm³/mol. The Hall–Kier alpha value is -2.08. The van der Waals surface area contributed by atoms with E-state index in [0.717, 1.165) is 4.57 Å². The highest BCUT2D eigenvalue weighted by Crippen LogP contribution is 2.13. The summed E-state index contributed by atoms with van der Waals surface area (Å²) in [7, 11) is 0. The molecule has 2 aromatic rings. The summed E-state index contributed by atoms with van der Waals surface area (Å²) in [6.45, 7) is -0.315. The van der Waals surface area contributed by atoms with E-state index in [-0.39, 0.29) is 6.61 Å². The van der Waals surface area contributed by atoms with Crippen molar-refractivity contribution in [1.29, 1.82) is 0 Å². The zero-order valence-electron chi connectivity index (χ0n) is 8.38. The molecule has 3 N–H and O–H groups in total. The first-order valence-electron chi connectivity index (χ1n) is 4.79. The van der Waals surface area contributed by atoms with Gasteiger partial charge in [0.2, 0.25) is 0 Å². The number of aliphatic hydroxyl groups excluding tert-OH is 1. The summed E-state index contributed by atoms with van der Waals surface area (Å²) in [6, 6.07) is 8.22. The molecule has 1 aromatic heterocycles. The number of hydrogen-bond donors (Lipinski definition) is 3. The smallest absolute Gasteiger partial charge is 0.344 e. The molecule has 0 fully saturated rings. The zero-order valence-corrected chi connectivity index (χ0v) is 8.38. The van der Waals surface area contributed by atoms with Crippen molar-refractivity contribution in [2.24, 2.45) is 0 Å². The average Bonchev–Trinajstić information content (AvgIpc) is 2.63. The molecule has 1 aromatic carbocycles. The van der Waals surface area contributed by atoms with Gasteiger partial charge in [0.15, 0.2) is 0 Å². The highest BCUT2D eigenvalue weighted by molar-refractivity contribution is 5.19. The van der Waals surface area contributed by atoms with Gasteiger partial charge in [-0.15, -0.1) is 0 Å². The van der Waals surface area contributed by atoms with Gasteiger partial charge in [-0.1, -0.05) is 30.3 Å². The third kappa shape index (κ3) is 1.70. The Morgan fingerprint density at radius 3 is 2.19 bits per heavy atom. The van der Waals surface area contributed by atoms with Crippen LogP contribution >= 0.6 is 0 Å². The van der Waals surface area contributed by atoms with E-state index < -0.39 is 17.4 Å². The molecule has 2 rings (SSSR count). The first kappa shape index (κ1) is 10.4. The molecule has 0 aliphatic carbocycles. The van der Waals surface area contributed by atoms with Gasteiger partial charge in [0.05, 0.1) is 12.6 Å². The number of aromatic nitrogens is 3. The number of nitrogens with zero attached hydrogens (tertiary/aromatic N) is 1. The van der Waals surface area contributed by atoms with Crippen LogP contribution in [-0.2, 0) is 0 Å². The largest absolute Gasteiger partial charge is 0.394 e. The number of benzene rings is 1. The Morgan fingerprint density at radius 2 is 1.69 bits per heavy atom. The number of nitrogens with one attached hydrogen (secondary N) is 2. The fraction of sp³-hybridized carbons (Fsp3) is 0.200. The zero-order chi connectivity index (χ0) is 11.5. The average molecular weight is 221 g/mol. The Bertz CT molecular complexity index is 539. The SMILES string of the molecule is O=c1[nH][nH]c(=O)n1C(CO)c1ccccc1. The second kappa shape index (κ2) is 4.19. The van der Waals surface area contributed by atoms with E-state index >= 15 is 0 Å². The van der Waals surface area contributed by atoms with Crippen molar-refractivity contribution in [3.63, 3.8) is 0 Å². The second-order valence-electron chi connectivity index (χ2n) is 3.34. The summed E-state index contributed by atoms with van der Waals surface area (Å²) < 4.78 is 0.954. The minimum Gasteiger partial charge on any atom is -0.394 e. The minimum atomic E-state index is -0.663. The topological polar surface area (TPSA) is 90.9 Å². The van der Waals surface area contributed by atoms with Crippen LogP contribution < -0.4 is 11.4 Å². The van der Waals surface area contributed by atoms with Crippen molar-refractivity contribution in [1.82, 2.24) is 14.8 Å². The van der Waals surface area contributed by atoms with Gasteiger partial charge in [-0.25, -0.2) is 24.4 Å². The molecule has 0 bridgehead atoms. The Labute approximate surface area is 90.2 Å². The Morgan fingerprint density at radius 1 is 1.12 bits per heavy atom. The van der Waals surface area contributed by atoms with Crippen molar-refractivity contribution in [2.75, 3.05) is 6.61 Å². The van der Waals surface area contributed by atoms with Crippen molar-refractivity contribution in [3.05, 3.63) is 56.9 Å². The van der Waals surface area contributed by atoms with E-state index in [1.165, 1.54) is 0 Å². The normalized spacial score (nSPS) is 12.6. The van der Waals surface area contributed by atoms with Crippen LogP contribution in [0.3, 0.4) is 0 Å². The maximum absolute atomic E-state index is 11.4. The molecule has 1 heterocycles. The highest BCUT2D eigenvalue weighted by Gasteiger charge is 2.17. The predicted octanol–water partition coefficient (Wildman–Crippen LogP) is -0.554. The van der Waals surface area contributed by atoms with E-state index in [4.69, 9.17) is 0 Å². The van der Waals surface area contributed by atoms with E-state index in [2.05, 4.69) is 10.2 Å². The molecular weight excluding hydrogens is 210 g/mol. The monoisotopic (exact) mass is 221 g/mol. The first-order chi connectivity index (χ1) is 7.74. The van der Waals surface area contributed by atoms with Crippen LogP contribution in [0, 0.1) is 0 Å². The molecular formula is C10H11N3O3. The van der Waals surface area contributed by atoms with Crippen LogP contribution in [0.4, 0.5) is 0 Å². The lowest BCUT2D eigenvalue weighted by Crippen LogP contribution is -2.33. The lowest BCUT2D eigenvalue weighted by atomic mass is 10.1. The fourth-order valence-corrected chi connectivity index (χ4v) is 1.61. The highest BCUT2D eigenvalue weighted by atomic mass is 16.3. The maximum atomic E-state index is 11.4. The first-order valence-corrected chi connectivity index (χ1v) is 4.79. The summed E-state index contributed by atoms with van der Waals surface area (Å²) in [6.07, 6.45) is 0. The molecule has 6 heteroatoms. The Balaban J connectivity index is 2.53. The number of H-pyrrole nitrogens is 2. The third-order valence-corrected chi connectivity index (χ3v) is 2.38. The van der Waals surface area contributed by atoms with Gasteiger partial charge in [0.1, 0.15) is 0 Å². The third-order valence-electron chi connectivity index (χ3n) is 2.38. The molecule has 1 atom stereocenters. The van der Waals surface area contributed by atoms with Gasteiger partial charge in [0, 0.05) is 0 Å². The van der Waals surface area contributed by atoms with E-state index in [1.807, 2.05) is 6.07 Å². The van der Waals surface area contributed by atoms with Crippen molar-refractivity contribution >= 4 is 0 Å². The molecule has 0 saturated carbocycles.